The third kappa shape index (κ3) is 5.55. The number of aromatic carboxylic acids is 1. The first-order valence-corrected chi connectivity index (χ1v) is 15.3. The second-order valence-corrected chi connectivity index (χ2v) is 11.8. The largest absolute Gasteiger partial charge is 0.497 e. The van der Waals surface area contributed by atoms with E-state index in [2.05, 4.69) is 34.2 Å². The van der Waals surface area contributed by atoms with Gasteiger partial charge in [0.1, 0.15) is 5.75 Å². The minimum absolute atomic E-state index is 0.317. The summed E-state index contributed by atoms with van der Waals surface area (Å²) in [5.74, 6) is 0.379. The fourth-order valence-corrected chi connectivity index (χ4v) is 7.01. The second-order valence-electron chi connectivity index (χ2n) is 11.3. The Bertz CT molecular complexity index is 1600. The predicted octanol–water partition coefficient (Wildman–Crippen LogP) is 8.28. The van der Waals surface area contributed by atoms with Gasteiger partial charge in [-0.1, -0.05) is 43.5 Å². The lowest BCUT2D eigenvalue weighted by molar-refractivity contribution is 0.0697. The van der Waals surface area contributed by atoms with E-state index in [-0.39, 0.29) is 0 Å². The fraction of sp³-hybridized carbons (Fsp3) is 0.343. The minimum atomic E-state index is -0.901. The summed E-state index contributed by atoms with van der Waals surface area (Å²) in [6, 6.07) is 20.1. The summed E-state index contributed by atoms with van der Waals surface area (Å²) in [5, 5.41) is 14.2. The molecule has 3 heterocycles. The van der Waals surface area contributed by atoms with Gasteiger partial charge in [0, 0.05) is 27.9 Å². The van der Waals surface area contributed by atoms with Gasteiger partial charge in [-0.15, -0.1) is 12.6 Å². The first-order chi connectivity index (χ1) is 20.0. The van der Waals surface area contributed by atoms with Crippen LogP contribution in [-0.4, -0.2) is 35.8 Å². The maximum atomic E-state index is 11.9. The van der Waals surface area contributed by atoms with Gasteiger partial charge in [-0.25, -0.2) is 4.79 Å². The molecule has 3 aliphatic rings. The van der Waals surface area contributed by atoms with Gasteiger partial charge in [0.05, 0.1) is 18.4 Å². The summed E-state index contributed by atoms with van der Waals surface area (Å²) in [6.07, 6.45) is 11.1. The van der Waals surface area contributed by atoms with Crippen LogP contribution in [0.4, 0.5) is 0 Å². The molecule has 1 aromatic heterocycles. The highest BCUT2D eigenvalue weighted by atomic mass is 32.1. The Balaban J connectivity index is 0.000000548. The molecule has 0 unspecified atom stereocenters. The highest BCUT2D eigenvalue weighted by Gasteiger charge is 2.30. The van der Waals surface area contributed by atoms with Gasteiger partial charge >= 0.3 is 5.97 Å². The maximum Gasteiger partial charge on any atom is 0.335 e. The molecule has 7 rings (SSSR count). The van der Waals surface area contributed by atoms with Crippen molar-refractivity contribution in [1.29, 1.82) is 0 Å². The standard InChI is InChI=1S/C31H29NO3S.C4H9N/c1-35-23-12-14-25-21(16-23)15-22(24-9-5-6-10-28(24)36)18-32-27-17-20(31(33)34)11-13-26(27)29(30(25)32)19-7-3-2-4-8-19;1-2-4-5-3-1/h5-6,9-17,19,36H,2-4,7-8,18H2,1H3,(H,33,34);5H,1-4H2. The van der Waals surface area contributed by atoms with Crippen molar-refractivity contribution in [1.82, 2.24) is 9.88 Å². The van der Waals surface area contributed by atoms with Gasteiger partial charge in [-0.2, -0.15) is 0 Å². The molecule has 0 spiro atoms. The van der Waals surface area contributed by atoms with E-state index in [4.69, 9.17) is 17.4 Å². The van der Waals surface area contributed by atoms with Crippen molar-refractivity contribution in [3.63, 3.8) is 0 Å². The minimum Gasteiger partial charge on any atom is -0.497 e. The summed E-state index contributed by atoms with van der Waals surface area (Å²) < 4.78 is 7.95. The summed E-state index contributed by atoms with van der Waals surface area (Å²) >= 11 is 4.77. The zero-order valence-electron chi connectivity index (χ0n) is 23.7. The molecule has 1 saturated heterocycles. The Hall–Kier alpha value is -3.48. The van der Waals surface area contributed by atoms with E-state index >= 15 is 0 Å². The van der Waals surface area contributed by atoms with E-state index in [1.165, 1.54) is 61.8 Å². The van der Waals surface area contributed by atoms with Crippen molar-refractivity contribution >= 4 is 41.2 Å². The average Bonchev–Trinajstić information content (AvgIpc) is 3.65. The van der Waals surface area contributed by atoms with Crippen LogP contribution in [-0.2, 0) is 6.54 Å². The molecule has 0 radical (unpaired) electrons. The smallest absolute Gasteiger partial charge is 0.335 e. The summed E-state index contributed by atoms with van der Waals surface area (Å²) in [5.41, 5.74) is 8.37. The molecule has 3 aromatic carbocycles. The van der Waals surface area contributed by atoms with E-state index in [9.17, 15) is 9.90 Å². The number of benzene rings is 3. The number of aromatic nitrogens is 1. The summed E-state index contributed by atoms with van der Waals surface area (Å²) in [7, 11) is 1.70. The Labute approximate surface area is 247 Å². The van der Waals surface area contributed by atoms with Gasteiger partial charge in [0.25, 0.3) is 0 Å². The molecule has 212 valence electrons. The highest BCUT2D eigenvalue weighted by molar-refractivity contribution is 7.80. The Morgan fingerprint density at radius 3 is 2.41 bits per heavy atom. The number of nitrogens with zero attached hydrogens (tertiary/aromatic N) is 1. The molecule has 1 aliphatic carbocycles. The van der Waals surface area contributed by atoms with Crippen LogP contribution in [0.1, 0.15) is 77.9 Å². The molecule has 0 atom stereocenters. The highest BCUT2D eigenvalue weighted by Crippen LogP contribution is 2.48. The van der Waals surface area contributed by atoms with Crippen LogP contribution >= 0.6 is 12.6 Å². The van der Waals surface area contributed by atoms with Crippen LogP contribution in [0.25, 0.3) is 33.8 Å². The Morgan fingerprint density at radius 1 is 0.951 bits per heavy atom. The Kier molecular flexibility index (Phi) is 8.22. The quantitative estimate of drug-likeness (QED) is 0.218. The van der Waals surface area contributed by atoms with Gasteiger partial charge in [0.2, 0.25) is 0 Å². The van der Waals surface area contributed by atoms with Crippen LogP contribution in [0, 0.1) is 0 Å². The first kappa shape index (κ1) is 27.7. The predicted molar refractivity (Wildman–Crippen MR) is 170 cm³/mol. The molecule has 2 N–H and O–H groups in total. The van der Waals surface area contributed by atoms with Crippen LogP contribution in [0.15, 0.2) is 65.6 Å². The lowest BCUT2D eigenvalue weighted by Crippen LogP contribution is -2.07. The number of fused-ring (bicyclic) bond motifs is 5. The third-order valence-corrected chi connectivity index (χ3v) is 9.13. The van der Waals surface area contributed by atoms with E-state index < -0.39 is 5.97 Å². The van der Waals surface area contributed by atoms with E-state index in [1.807, 2.05) is 36.4 Å². The zero-order chi connectivity index (χ0) is 28.3. The van der Waals surface area contributed by atoms with Crippen molar-refractivity contribution in [3.8, 4) is 17.0 Å². The average molecular weight is 567 g/mol. The van der Waals surface area contributed by atoms with Crippen LogP contribution in [0.2, 0.25) is 0 Å². The summed E-state index contributed by atoms with van der Waals surface area (Å²) in [6.45, 7) is 3.14. The van der Waals surface area contributed by atoms with Crippen LogP contribution < -0.4 is 10.1 Å². The topological polar surface area (TPSA) is 63.5 Å². The molecule has 2 fully saturated rings. The number of nitrogens with one attached hydrogen (secondary N) is 1. The zero-order valence-corrected chi connectivity index (χ0v) is 24.6. The number of hydrogen-bond acceptors (Lipinski definition) is 4. The molecule has 0 bridgehead atoms. The van der Waals surface area contributed by atoms with Gasteiger partial charge in [-0.05, 0) is 109 Å². The molecule has 5 nitrogen and oxygen atoms in total. The van der Waals surface area contributed by atoms with Crippen molar-refractivity contribution in [2.45, 2.75) is 62.3 Å². The number of carboxylic acids is 1. The number of hydrogen-bond donors (Lipinski definition) is 3. The lowest BCUT2D eigenvalue weighted by atomic mass is 9.81. The SMILES string of the molecule is C1CCNC1.COc1ccc2c(c1)C=C(c1ccccc1S)Cn1c-2c(C2CCCCC2)c2ccc(C(=O)O)cc21. The summed E-state index contributed by atoms with van der Waals surface area (Å²) in [4.78, 5) is 12.9. The Morgan fingerprint density at radius 2 is 1.73 bits per heavy atom. The van der Waals surface area contributed by atoms with Crippen molar-refractivity contribution in [2.75, 3.05) is 20.2 Å². The molecule has 6 heteroatoms. The number of carboxylic acid groups (broad SMARTS) is 1. The molecule has 4 aromatic rings. The molecule has 1 saturated carbocycles. The van der Waals surface area contributed by atoms with E-state index in [1.54, 1.807) is 13.2 Å². The van der Waals surface area contributed by atoms with Gasteiger partial charge in [0.15, 0.2) is 0 Å². The number of ether oxygens (including phenoxy) is 1. The van der Waals surface area contributed by atoms with Gasteiger partial charge < -0.3 is 19.7 Å². The molecule has 41 heavy (non-hydrogen) atoms. The van der Waals surface area contributed by atoms with Crippen LogP contribution in [0.5, 0.6) is 5.75 Å². The number of carbonyl (C=O) groups is 1. The molecular weight excluding hydrogens is 528 g/mol. The molecule has 2 aliphatic heterocycles. The lowest BCUT2D eigenvalue weighted by Gasteiger charge is -2.24. The monoisotopic (exact) mass is 566 g/mol. The van der Waals surface area contributed by atoms with Crippen molar-refractivity contribution < 1.29 is 14.6 Å². The fourth-order valence-electron chi connectivity index (χ4n) is 6.71. The van der Waals surface area contributed by atoms with Crippen molar-refractivity contribution in [3.05, 3.63) is 82.9 Å². The normalized spacial score (nSPS) is 16.7. The number of rotatable bonds is 4. The molecule has 0 amide bonds. The van der Waals surface area contributed by atoms with Crippen molar-refractivity contribution in [2.24, 2.45) is 0 Å². The second kappa shape index (κ2) is 12.2. The number of thiol groups is 1. The first-order valence-electron chi connectivity index (χ1n) is 14.8. The number of allylic oxidation sites excluding steroid dienone is 1. The van der Waals surface area contributed by atoms with E-state index in [0.29, 0.717) is 18.0 Å². The number of methoxy groups -OCH3 is 1. The van der Waals surface area contributed by atoms with Crippen LogP contribution in [0.3, 0.4) is 0 Å². The third-order valence-electron chi connectivity index (χ3n) is 8.74. The maximum absolute atomic E-state index is 11.9. The van der Waals surface area contributed by atoms with E-state index in [0.717, 1.165) is 51.3 Å². The van der Waals surface area contributed by atoms with Gasteiger partial charge in [-0.3, -0.25) is 0 Å². The molecular formula is C35H38N2O3S.